The van der Waals surface area contributed by atoms with Gasteiger partial charge in [-0.25, -0.2) is 4.79 Å². The Hall–Kier alpha value is -2.66. The van der Waals surface area contributed by atoms with Gasteiger partial charge >= 0.3 is 6.09 Å². The zero-order valence-electron chi connectivity index (χ0n) is 15.2. The summed E-state index contributed by atoms with van der Waals surface area (Å²) >= 11 is 0. The SMILES string of the molecule is COc1cccc2c1Oc1ccc(N3C[C@H](COS(C)(O)O)OC3=O)cc1O2. The normalized spacial score (nSPS) is 18.5. The number of carbonyl (C=O) groups excluding carboxylic acids is 1. The van der Waals surface area contributed by atoms with Crippen LogP contribution in [0.4, 0.5) is 10.5 Å². The fourth-order valence-corrected chi connectivity index (χ4v) is 3.33. The molecule has 2 aromatic carbocycles. The predicted octanol–water partition coefficient (Wildman–Crippen LogP) is 4.23. The molecule has 0 radical (unpaired) electrons. The van der Waals surface area contributed by atoms with Crippen LogP contribution >= 0.6 is 10.9 Å². The van der Waals surface area contributed by atoms with Gasteiger partial charge in [-0.05, 0) is 24.3 Å². The van der Waals surface area contributed by atoms with Crippen molar-refractivity contribution in [2.75, 3.05) is 31.4 Å². The average Bonchev–Trinajstić information content (AvgIpc) is 3.04. The number of fused-ring (bicyclic) bond motifs is 2. The molecule has 0 saturated carbocycles. The fraction of sp³-hybridized carbons (Fsp3) is 0.278. The Morgan fingerprint density at radius 2 is 2.00 bits per heavy atom. The summed E-state index contributed by atoms with van der Waals surface area (Å²) in [6, 6.07) is 10.4. The Morgan fingerprint density at radius 3 is 2.75 bits per heavy atom. The number of methoxy groups -OCH3 is 1. The zero-order chi connectivity index (χ0) is 19.9. The highest BCUT2D eigenvalue weighted by Gasteiger charge is 2.34. The van der Waals surface area contributed by atoms with E-state index in [1.807, 2.05) is 0 Å². The Labute approximate surface area is 162 Å². The summed E-state index contributed by atoms with van der Waals surface area (Å²) in [6.45, 7) is 0.0944. The Bertz CT molecular complexity index is 913. The van der Waals surface area contributed by atoms with Gasteiger partial charge in [-0.2, -0.15) is 0 Å². The van der Waals surface area contributed by atoms with E-state index in [1.165, 1.54) is 4.90 Å². The topological polar surface area (TPSA) is 107 Å². The Kier molecular flexibility index (Phi) is 4.71. The van der Waals surface area contributed by atoms with Gasteiger partial charge < -0.3 is 28.1 Å². The van der Waals surface area contributed by atoms with E-state index < -0.39 is 23.1 Å². The molecule has 0 aliphatic carbocycles. The summed E-state index contributed by atoms with van der Waals surface area (Å²) < 4.78 is 45.8. The van der Waals surface area contributed by atoms with E-state index in [9.17, 15) is 13.9 Å². The number of amides is 1. The van der Waals surface area contributed by atoms with Gasteiger partial charge in [0.05, 0.1) is 30.2 Å². The number of anilines is 1. The number of carbonyl (C=O) groups is 1. The van der Waals surface area contributed by atoms with Gasteiger partial charge in [0.1, 0.15) is 12.7 Å². The van der Waals surface area contributed by atoms with Gasteiger partial charge in [0.25, 0.3) is 0 Å². The molecule has 9 nitrogen and oxygen atoms in total. The van der Waals surface area contributed by atoms with Crippen molar-refractivity contribution in [3.8, 4) is 28.7 Å². The summed E-state index contributed by atoms with van der Waals surface area (Å²) in [7, 11) is -1.56. The summed E-state index contributed by atoms with van der Waals surface area (Å²) in [5.41, 5.74) is 0.560. The highest BCUT2D eigenvalue weighted by Crippen LogP contribution is 2.50. The van der Waals surface area contributed by atoms with Crippen LogP contribution in [0.5, 0.6) is 28.7 Å². The smallest absolute Gasteiger partial charge is 0.414 e. The number of para-hydroxylation sites is 1. The van der Waals surface area contributed by atoms with E-state index in [2.05, 4.69) is 0 Å². The zero-order valence-corrected chi connectivity index (χ0v) is 16.0. The molecule has 1 saturated heterocycles. The molecule has 4 rings (SSSR count). The fourth-order valence-electron chi connectivity index (χ4n) is 2.92. The summed E-state index contributed by atoms with van der Waals surface area (Å²) in [4.78, 5) is 13.6. The minimum Gasteiger partial charge on any atom is -0.493 e. The van der Waals surface area contributed by atoms with Crippen molar-refractivity contribution in [1.29, 1.82) is 0 Å². The lowest BCUT2D eigenvalue weighted by atomic mass is 10.2. The van der Waals surface area contributed by atoms with Gasteiger partial charge in [-0.3, -0.25) is 9.08 Å². The van der Waals surface area contributed by atoms with Crippen LogP contribution in [0.2, 0.25) is 0 Å². The number of hydrogen-bond acceptors (Lipinski definition) is 8. The van der Waals surface area contributed by atoms with Crippen LogP contribution in [-0.4, -0.2) is 47.8 Å². The highest BCUT2D eigenvalue weighted by atomic mass is 32.3. The quantitative estimate of drug-likeness (QED) is 0.645. The maximum absolute atomic E-state index is 12.2. The molecule has 2 aromatic rings. The second kappa shape index (κ2) is 7.06. The third-order valence-corrected chi connectivity index (χ3v) is 4.77. The molecule has 1 atom stereocenters. The van der Waals surface area contributed by atoms with Crippen molar-refractivity contribution >= 4 is 22.7 Å². The van der Waals surface area contributed by atoms with Crippen LogP contribution in [0.25, 0.3) is 0 Å². The van der Waals surface area contributed by atoms with Gasteiger partial charge in [0, 0.05) is 12.3 Å². The minimum absolute atomic E-state index is 0.112. The monoisotopic (exact) mass is 409 g/mol. The Balaban J connectivity index is 1.52. The van der Waals surface area contributed by atoms with E-state index >= 15 is 0 Å². The number of hydrogen-bond donors (Lipinski definition) is 2. The van der Waals surface area contributed by atoms with Crippen molar-refractivity contribution in [3.63, 3.8) is 0 Å². The predicted molar refractivity (Wildman–Crippen MR) is 102 cm³/mol. The molecule has 1 amide bonds. The maximum Gasteiger partial charge on any atom is 0.414 e. The van der Waals surface area contributed by atoms with Gasteiger partial charge in [-0.15, -0.1) is 0 Å². The van der Waals surface area contributed by atoms with Gasteiger partial charge in [0.2, 0.25) is 5.75 Å². The Morgan fingerprint density at radius 1 is 1.18 bits per heavy atom. The summed E-state index contributed by atoms with van der Waals surface area (Å²) in [6.07, 6.45) is -0.00778. The second-order valence-corrected chi connectivity index (χ2v) is 8.05. The molecule has 0 aromatic heterocycles. The van der Waals surface area contributed by atoms with Gasteiger partial charge in [-0.1, -0.05) is 6.07 Å². The first-order valence-electron chi connectivity index (χ1n) is 8.36. The van der Waals surface area contributed by atoms with Crippen LogP contribution in [0.15, 0.2) is 36.4 Å². The molecule has 2 aliphatic heterocycles. The standard InChI is InChI=1S/C18H19NO8S/c1-23-14-4-3-5-15-17(14)27-13-7-6-11(8-16(13)26-15)19-9-12(25-18(19)20)10-24-28(2,21)22/h3-8,12,21-22H,9-10H2,1-2H3/t12-/m1/s1. The molecular weight excluding hydrogens is 390 g/mol. The van der Waals surface area contributed by atoms with E-state index in [1.54, 1.807) is 43.5 Å². The molecule has 0 spiro atoms. The number of ether oxygens (including phenoxy) is 4. The van der Waals surface area contributed by atoms with Crippen LogP contribution in [0.3, 0.4) is 0 Å². The van der Waals surface area contributed by atoms with Crippen molar-refractivity contribution in [2.24, 2.45) is 0 Å². The van der Waals surface area contributed by atoms with Crippen molar-refractivity contribution in [1.82, 2.24) is 0 Å². The van der Waals surface area contributed by atoms with E-state index in [0.717, 1.165) is 6.26 Å². The molecule has 2 aliphatic rings. The first-order chi connectivity index (χ1) is 13.3. The molecule has 28 heavy (non-hydrogen) atoms. The van der Waals surface area contributed by atoms with Crippen LogP contribution in [0, 0.1) is 0 Å². The first kappa shape index (κ1) is 18.7. The number of benzene rings is 2. The molecule has 0 bridgehead atoms. The van der Waals surface area contributed by atoms with E-state index in [4.69, 9.17) is 23.1 Å². The molecule has 2 heterocycles. The number of nitrogens with zero attached hydrogens (tertiary/aromatic N) is 1. The third kappa shape index (κ3) is 3.67. The highest BCUT2D eigenvalue weighted by molar-refractivity contribution is 8.19. The number of cyclic esters (lactones) is 1. The third-order valence-electron chi connectivity index (χ3n) is 4.18. The lowest BCUT2D eigenvalue weighted by molar-refractivity contribution is 0.101. The summed E-state index contributed by atoms with van der Waals surface area (Å²) in [5.74, 6) is 2.50. The maximum atomic E-state index is 12.2. The summed E-state index contributed by atoms with van der Waals surface area (Å²) in [5, 5.41) is 0. The molecule has 2 N–H and O–H groups in total. The van der Waals surface area contributed by atoms with Crippen molar-refractivity contribution in [2.45, 2.75) is 6.10 Å². The van der Waals surface area contributed by atoms with E-state index in [0.29, 0.717) is 34.4 Å². The van der Waals surface area contributed by atoms with Crippen LogP contribution in [0.1, 0.15) is 0 Å². The first-order valence-corrected chi connectivity index (χ1v) is 10.2. The number of rotatable bonds is 5. The molecule has 10 heteroatoms. The largest absolute Gasteiger partial charge is 0.493 e. The lowest BCUT2D eigenvalue weighted by Gasteiger charge is -2.23. The molecule has 150 valence electrons. The molecule has 0 unspecified atom stereocenters. The van der Waals surface area contributed by atoms with Crippen LogP contribution < -0.4 is 19.1 Å². The van der Waals surface area contributed by atoms with E-state index in [-0.39, 0.29) is 13.2 Å². The minimum atomic E-state index is -3.11. The van der Waals surface area contributed by atoms with Crippen molar-refractivity contribution in [3.05, 3.63) is 36.4 Å². The second-order valence-electron chi connectivity index (χ2n) is 6.29. The molecular formula is C18H19NO8S. The van der Waals surface area contributed by atoms with Gasteiger partial charge in [0.15, 0.2) is 23.0 Å². The van der Waals surface area contributed by atoms with Crippen LogP contribution in [-0.2, 0) is 8.92 Å². The average molecular weight is 409 g/mol. The lowest BCUT2D eigenvalue weighted by Crippen LogP contribution is -2.26. The van der Waals surface area contributed by atoms with Crippen molar-refractivity contribution < 1.29 is 37.0 Å². The molecule has 1 fully saturated rings.